The summed E-state index contributed by atoms with van der Waals surface area (Å²) in [4.78, 5) is 0. The molecular weight excluding hydrogens is 386 g/mol. The van der Waals surface area contributed by atoms with Crippen LogP contribution in [0.4, 0.5) is 0 Å². The minimum absolute atomic E-state index is 0.586. The van der Waals surface area contributed by atoms with Gasteiger partial charge in [-0.2, -0.15) is 4.57 Å². The Morgan fingerprint density at radius 3 is 1.94 bits per heavy atom. The number of nitrogens with zero attached hydrogens (tertiary/aromatic N) is 1. The normalized spacial score (nSPS) is 11.6. The number of hydrogen-bond donors (Lipinski definition) is 0. The second kappa shape index (κ2) is 8.09. The van der Waals surface area contributed by atoms with Crippen molar-refractivity contribution in [3.63, 3.8) is 0 Å². The molecule has 0 aliphatic carbocycles. The molecule has 0 bridgehead atoms. The highest BCUT2D eigenvalue weighted by molar-refractivity contribution is 5.97. The van der Waals surface area contributed by atoms with Crippen LogP contribution in [0, 0.1) is 20.8 Å². The Kier molecular flexibility index (Phi) is 4.81. The summed E-state index contributed by atoms with van der Waals surface area (Å²) in [5.74, 6) is 0. The zero-order chi connectivity index (χ0) is 23.1. The highest BCUT2D eigenvalue weighted by Crippen LogP contribution is 2.35. The van der Waals surface area contributed by atoms with E-state index in [0.717, 1.165) is 27.7 Å². The van der Waals surface area contributed by atoms with Crippen molar-refractivity contribution in [2.45, 2.75) is 20.8 Å². The van der Waals surface area contributed by atoms with Crippen molar-refractivity contribution in [1.29, 1.82) is 0 Å². The van der Waals surface area contributed by atoms with Gasteiger partial charge >= 0.3 is 0 Å². The lowest BCUT2D eigenvalue weighted by molar-refractivity contribution is -0.665. The van der Waals surface area contributed by atoms with Crippen LogP contribution in [0.1, 0.15) is 18.2 Å². The molecule has 1 nitrogen and oxygen atoms in total. The van der Waals surface area contributed by atoms with E-state index >= 15 is 0 Å². The Balaban J connectivity index is 1.81. The zero-order valence-corrected chi connectivity index (χ0v) is 19.1. The first-order valence-electron chi connectivity index (χ1n) is 11.6. The molecule has 5 rings (SSSR count). The third kappa shape index (κ3) is 3.50. The molecule has 0 spiro atoms. The molecule has 4 aromatic carbocycles. The third-order valence-electron chi connectivity index (χ3n) is 6.57. The van der Waals surface area contributed by atoms with Crippen LogP contribution in [0.5, 0.6) is 0 Å². The van der Waals surface area contributed by atoms with Gasteiger partial charge in [0.1, 0.15) is 7.05 Å². The Morgan fingerprint density at radius 1 is 0.656 bits per heavy atom. The lowest BCUT2D eigenvalue weighted by Crippen LogP contribution is -2.35. The fourth-order valence-electron chi connectivity index (χ4n) is 4.52. The number of aryl methyl sites for hydroxylation is 1. The quantitative estimate of drug-likeness (QED) is 0.267. The van der Waals surface area contributed by atoms with Gasteiger partial charge in [0.05, 0.1) is 12.3 Å². The molecule has 5 aromatic rings. The SMILES string of the molecule is [2H]c1c(C)[n+](C)c(-c2cc(-c3ccccc3)cc(C)c2C)c2ccc(-c3ccccc3)cc12. The van der Waals surface area contributed by atoms with Crippen molar-refractivity contribution >= 4 is 10.8 Å². The van der Waals surface area contributed by atoms with Gasteiger partial charge in [0.25, 0.3) is 0 Å². The minimum Gasteiger partial charge on any atom is -0.198 e. The average molecular weight is 416 g/mol. The second-order valence-corrected chi connectivity index (χ2v) is 8.58. The number of pyridine rings is 1. The number of aromatic nitrogens is 1. The molecule has 0 saturated heterocycles. The molecule has 0 amide bonds. The molecule has 1 aromatic heterocycles. The maximum absolute atomic E-state index is 8.90. The fourth-order valence-corrected chi connectivity index (χ4v) is 4.52. The van der Waals surface area contributed by atoms with Gasteiger partial charge in [-0.15, -0.1) is 0 Å². The molecule has 0 atom stereocenters. The summed E-state index contributed by atoms with van der Waals surface area (Å²) in [6.45, 7) is 6.43. The van der Waals surface area contributed by atoms with Gasteiger partial charge in [-0.05, 0) is 70.8 Å². The molecule has 0 aliphatic rings. The summed E-state index contributed by atoms with van der Waals surface area (Å²) >= 11 is 0. The molecular formula is C31H28N+. The summed E-state index contributed by atoms with van der Waals surface area (Å²) in [5.41, 5.74) is 10.6. The smallest absolute Gasteiger partial charge is 0.198 e. The van der Waals surface area contributed by atoms with E-state index in [2.05, 4.69) is 110 Å². The van der Waals surface area contributed by atoms with E-state index < -0.39 is 0 Å². The van der Waals surface area contributed by atoms with E-state index in [9.17, 15) is 0 Å². The predicted octanol–water partition coefficient (Wildman–Crippen LogP) is 7.59. The largest absolute Gasteiger partial charge is 0.220 e. The zero-order valence-electron chi connectivity index (χ0n) is 20.1. The number of hydrogen-bond acceptors (Lipinski definition) is 0. The van der Waals surface area contributed by atoms with E-state index in [4.69, 9.17) is 1.37 Å². The highest BCUT2D eigenvalue weighted by Gasteiger charge is 2.21. The first kappa shape index (κ1) is 19.0. The van der Waals surface area contributed by atoms with E-state index in [0.29, 0.717) is 6.04 Å². The standard InChI is InChI=1S/C31H28N/c1-21-17-27(25-13-9-6-10-14-25)20-30(23(21)3)31-29-16-15-26(24-11-7-5-8-12-24)19-28(29)18-22(2)32(31)4/h5-20H,1-4H3/q+1/i18D. The van der Waals surface area contributed by atoms with Crippen LogP contribution in [-0.4, -0.2) is 0 Å². The van der Waals surface area contributed by atoms with Crippen LogP contribution in [0.25, 0.3) is 44.3 Å². The third-order valence-corrected chi connectivity index (χ3v) is 6.57. The first-order chi connectivity index (χ1) is 16.0. The van der Waals surface area contributed by atoms with Gasteiger partial charge in [-0.3, -0.25) is 0 Å². The van der Waals surface area contributed by atoms with Crippen LogP contribution >= 0.6 is 0 Å². The summed E-state index contributed by atoms with van der Waals surface area (Å²) in [7, 11) is 2.08. The van der Waals surface area contributed by atoms with Crippen LogP contribution in [-0.2, 0) is 7.05 Å². The summed E-state index contributed by atoms with van der Waals surface area (Å²) in [5, 5.41) is 2.10. The van der Waals surface area contributed by atoms with E-state index in [1.807, 2.05) is 13.0 Å². The van der Waals surface area contributed by atoms with Crippen LogP contribution < -0.4 is 4.57 Å². The summed E-state index contributed by atoms with van der Waals surface area (Å²) < 4.78 is 11.1. The van der Waals surface area contributed by atoms with Gasteiger partial charge in [0, 0.05) is 13.0 Å². The molecule has 0 aliphatic heterocycles. The molecule has 156 valence electrons. The monoisotopic (exact) mass is 415 g/mol. The molecule has 1 heteroatoms. The molecule has 0 N–H and O–H groups in total. The average Bonchev–Trinajstić information content (AvgIpc) is 2.86. The van der Waals surface area contributed by atoms with Gasteiger partial charge in [0.2, 0.25) is 5.69 Å². The van der Waals surface area contributed by atoms with Crippen molar-refractivity contribution < 1.29 is 5.94 Å². The Labute approximate surface area is 192 Å². The molecule has 0 radical (unpaired) electrons. The molecule has 0 saturated carbocycles. The maximum atomic E-state index is 8.90. The van der Waals surface area contributed by atoms with Gasteiger partial charge in [-0.25, -0.2) is 0 Å². The molecule has 32 heavy (non-hydrogen) atoms. The number of rotatable bonds is 3. The Morgan fingerprint density at radius 2 is 1.28 bits per heavy atom. The number of fused-ring (bicyclic) bond motifs is 1. The van der Waals surface area contributed by atoms with Gasteiger partial charge in [0.15, 0.2) is 5.69 Å². The van der Waals surface area contributed by atoms with Crippen molar-refractivity contribution in [3.05, 3.63) is 114 Å². The number of benzene rings is 4. The molecule has 0 unspecified atom stereocenters. The lowest BCUT2D eigenvalue weighted by atomic mass is 9.91. The first-order valence-corrected chi connectivity index (χ1v) is 11.1. The summed E-state index contributed by atoms with van der Waals surface area (Å²) in [6, 6.07) is 32.7. The van der Waals surface area contributed by atoms with Gasteiger partial charge in [-0.1, -0.05) is 72.8 Å². The Bertz CT molecular complexity index is 1490. The molecule has 1 heterocycles. The minimum atomic E-state index is 0.586. The van der Waals surface area contributed by atoms with Crippen LogP contribution in [0.3, 0.4) is 0 Å². The van der Waals surface area contributed by atoms with Crippen LogP contribution in [0.2, 0.25) is 0 Å². The second-order valence-electron chi connectivity index (χ2n) is 8.58. The van der Waals surface area contributed by atoms with Crippen molar-refractivity contribution in [2.24, 2.45) is 7.05 Å². The van der Waals surface area contributed by atoms with Crippen molar-refractivity contribution in [2.75, 3.05) is 0 Å². The van der Waals surface area contributed by atoms with Crippen molar-refractivity contribution in [1.82, 2.24) is 0 Å². The van der Waals surface area contributed by atoms with E-state index in [1.165, 1.54) is 33.4 Å². The fraction of sp³-hybridized carbons (Fsp3) is 0.129. The lowest BCUT2D eigenvalue weighted by Gasteiger charge is -2.15. The van der Waals surface area contributed by atoms with E-state index in [-0.39, 0.29) is 0 Å². The topological polar surface area (TPSA) is 3.88 Å². The summed E-state index contributed by atoms with van der Waals surface area (Å²) in [6.07, 6.45) is 0. The Hall–Kier alpha value is -3.71. The predicted molar refractivity (Wildman–Crippen MR) is 136 cm³/mol. The van der Waals surface area contributed by atoms with Gasteiger partial charge < -0.3 is 0 Å². The van der Waals surface area contributed by atoms with E-state index in [1.54, 1.807) is 0 Å². The maximum Gasteiger partial charge on any atom is 0.220 e. The van der Waals surface area contributed by atoms with Crippen LogP contribution in [0.15, 0.2) is 97.0 Å². The van der Waals surface area contributed by atoms with Crippen molar-refractivity contribution in [3.8, 4) is 33.5 Å². The highest BCUT2D eigenvalue weighted by atomic mass is 14.9. The molecule has 0 fully saturated rings.